The van der Waals surface area contributed by atoms with E-state index in [9.17, 15) is 4.79 Å². The Bertz CT molecular complexity index is 396. The van der Waals surface area contributed by atoms with E-state index >= 15 is 0 Å². The van der Waals surface area contributed by atoms with Gasteiger partial charge in [-0.3, -0.25) is 4.79 Å². The highest BCUT2D eigenvalue weighted by Gasteiger charge is 2.42. The molecular formula is C12H14O4. The fourth-order valence-electron chi connectivity index (χ4n) is 1.97. The van der Waals surface area contributed by atoms with Crippen molar-refractivity contribution in [1.29, 1.82) is 0 Å². The van der Waals surface area contributed by atoms with E-state index in [-0.39, 0.29) is 6.42 Å². The highest BCUT2D eigenvalue weighted by Crippen LogP contribution is 2.41. The van der Waals surface area contributed by atoms with Gasteiger partial charge in [0.25, 0.3) is 0 Å². The summed E-state index contributed by atoms with van der Waals surface area (Å²) in [5.41, 5.74) is 0.223. The predicted molar refractivity (Wildman–Crippen MR) is 57.5 cm³/mol. The molecule has 0 aliphatic carbocycles. The number of benzene rings is 1. The van der Waals surface area contributed by atoms with Crippen molar-refractivity contribution in [3.8, 4) is 5.75 Å². The second-order valence-electron chi connectivity index (χ2n) is 3.90. The lowest BCUT2D eigenvalue weighted by Gasteiger charge is -2.41. The van der Waals surface area contributed by atoms with Crippen LogP contribution in [0.5, 0.6) is 5.75 Å². The molecule has 0 spiro atoms. The SMILES string of the molecule is COc1cccc(C2(CC(=O)O)CCO2)c1. The molecule has 0 radical (unpaired) electrons. The van der Waals surface area contributed by atoms with Crippen LogP contribution in [0.15, 0.2) is 24.3 Å². The number of hydrogen-bond donors (Lipinski definition) is 1. The molecule has 4 nitrogen and oxygen atoms in total. The first-order valence-electron chi connectivity index (χ1n) is 5.16. The third kappa shape index (κ3) is 1.88. The van der Waals surface area contributed by atoms with Gasteiger partial charge in [-0.05, 0) is 17.7 Å². The van der Waals surface area contributed by atoms with Crippen LogP contribution in [0.25, 0.3) is 0 Å². The average Bonchev–Trinajstić information content (AvgIpc) is 2.23. The van der Waals surface area contributed by atoms with Gasteiger partial charge in [0.05, 0.1) is 20.1 Å². The molecule has 1 unspecified atom stereocenters. The van der Waals surface area contributed by atoms with Crippen molar-refractivity contribution in [2.75, 3.05) is 13.7 Å². The maximum absolute atomic E-state index is 10.8. The minimum absolute atomic E-state index is 0.000166. The number of carboxylic acid groups (broad SMARTS) is 1. The third-order valence-corrected chi connectivity index (χ3v) is 2.92. The minimum Gasteiger partial charge on any atom is -0.497 e. The van der Waals surface area contributed by atoms with Crippen LogP contribution in [0.1, 0.15) is 18.4 Å². The molecule has 1 N–H and O–H groups in total. The van der Waals surface area contributed by atoms with Crippen LogP contribution in [-0.4, -0.2) is 24.8 Å². The van der Waals surface area contributed by atoms with E-state index in [0.717, 1.165) is 17.7 Å². The number of hydrogen-bond acceptors (Lipinski definition) is 3. The molecule has 1 fully saturated rings. The number of rotatable bonds is 4. The zero-order chi connectivity index (χ0) is 11.6. The highest BCUT2D eigenvalue weighted by atomic mass is 16.5. The highest BCUT2D eigenvalue weighted by molar-refractivity contribution is 5.69. The van der Waals surface area contributed by atoms with Crippen molar-refractivity contribution in [1.82, 2.24) is 0 Å². The average molecular weight is 222 g/mol. The summed E-state index contributed by atoms with van der Waals surface area (Å²) >= 11 is 0. The fraction of sp³-hybridized carbons (Fsp3) is 0.417. The van der Waals surface area contributed by atoms with Gasteiger partial charge < -0.3 is 14.6 Å². The minimum atomic E-state index is -0.845. The lowest BCUT2D eigenvalue weighted by atomic mass is 9.83. The number of aliphatic carboxylic acids is 1. The molecule has 1 atom stereocenters. The quantitative estimate of drug-likeness (QED) is 0.843. The number of carboxylic acids is 1. The maximum atomic E-state index is 10.8. The second kappa shape index (κ2) is 4.14. The van der Waals surface area contributed by atoms with Crippen molar-refractivity contribution in [3.05, 3.63) is 29.8 Å². The molecule has 0 saturated carbocycles. The second-order valence-corrected chi connectivity index (χ2v) is 3.90. The standard InChI is InChI=1S/C12H14O4/c1-15-10-4-2-3-9(7-10)12(5-6-16-12)8-11(13)14/h2-4,7H,5-6,8H2,1H3,(H,13,14). The zero-order valence-corrected chi connectivity index (χ0v) is 9.10. The fourth-order valence-corrected chi connectivity index (χ4v) is 1.97. The summed E-state index contributed by atoms with van der Waals surface area (Å²) in [6, 6.07) is 7.39. The molecule has 1 saturated heterocycles. The molecule has 16 heavy (non-hydrogen) atoms. The maximum Gasteiger partial charge on any atom is 0.306 e. The normalized spacial score (nSPS) is 23.6. The predicted octanol–water partition coefficient (Wildman–Crippen LogP) is 1.79. The molecule has 1 aromatic carbocycles. The van der Waals surface area contributed by atoms with E-state index in [1.54, 1.807) is 7.11 Å². The first-order chi connectivity index (χ1) is 7.66. The van der Waals surface area contributed by atoms with Crippen molar-refractivity contribution < 1.29 is 19.4 Å². The summed E-state index contributed by atoms with van der Waals surface area (Å²) < 4.78 is 10.6. The van der Waals surface area contributed by atoms with Crippen LogP contribution in [0.2, 0.25) is 0 Å². The third-order valence-electron chi connectivity index (χ3n) is 2.92. The lowest BCUT2D eigenvalue weighted by Crippen LogP contribution is -2.42. The molecule has 4 heteroatoms. The summed E-state index contributed by atoms with van der Waals surface area (Å²) in [5, 5.41) is 8.89. The Balaban J connectivity index is 2.29. The first kappa shape index (κ1) is 11.0. The van der Waals surface area contributed by atoms with Crippen LogP contribution in [0.4, 0.5) is 0 Å². The molecule has 0 amide bonds. The van der Waals surface area contributed by atoms with Gasteiger partial charge in [0.2, 0.25) is 0 Å². The molecular weight excluding hydrogens is 208 g/mol. The van der Waals surface area contributed by atoms with Crippen molar-refractivity contribution >= 4 is 5.97 Å². The smallest absolute Gasteiger partial charge is 0.306 e. The molecule has 1 heterocycles. The van der Waals surface area contributed by atoms with Gasteiger partial charge in [-0.2, -0.15) is 0 Å². The number of methoxy groups -OCH3 is 1. The Morgan fingerprint density at radius 3 is 2.88 bits per heavy atom. The first-order valence-corrected chi connectivity index (χ1v) is 5.16. The van der Waals surface area contributed by atoms with Gasteiger partial charge in [0.15, 0.2) is 0 Å². The van der Waals surface area contributed by atoms with Gasteiger partial charge in [-0.25, -0.2) is 0 Å². The van der Waals surface area contributed by atoms with Crippen molar-refractivity contribution in [3.63, 3.8) is 0 Å². The van der Waals surface area contributed by atoms with Gasteiger partial charge in [-0.15, -0.1) is 0 Å². The van der Waals surface area contributed by atoms with Crippen LogP contribution in [-0.2, 0) is 15.1 Å². The Kier molecular flexibility index (Phi) is 2.83. The molecule has 2 rings (SSSR count). The van der Waals surface area contributed by atoms with Crippen LogP contribution in [0.3, 0.4) is 0 Å². The summed E-state index contributed by atoms with van der Waals surface area (Å²) in [6.45, 7) is 0.616. The summed E-state index contributed by atoms with van der Waals surface area (Å²) in [7, 11) is 1.59. The van der Waals surface area contributed by atoms with E-state index in [0.29, 0.717) is 6.61 Å². The molecule has 86 valence electrons. The van der Waals surface area contributed by atoms with E-state index in [4.69, 9.17) is 14.6 Å². The monoisotopic (exact) mass is 222 g/mol. The summed E-state index contributed by atoms with van der Waals surface area (Å²) in [4.78, 5) is 10.8. The van der Waals surface area contributed by atoms with Crippen LogP contribution in [0, 0.1) is 0 Å². The molecule has 1 aromatic rings. The Morgan fingerprint density at radius 2 is 2.38 bits per heavy atom. The van der Waals surface area contributed by atoms with Gasteiger partial charge in [0.1, 0.15) is 11.4 Å². The number of ether oxygens (including phenoxy) is 2. The van der Waals surface area contributed by atoms with E-state index in [2.05, 4.69) is 0 Å². The van der Waals surface area contributed by atoms with Crippen LogP contribution < -0.4 is 4.74 Å². The van der Waals surface area contributed by atoms with Gasteiger partial charge >= 0.3 is 5.97 Å². The Hall–Kier alpha value is -1.55. The number of carbonyl (C=O) groups is 1. The molecule has 0 bridgehead atoms. The van der Waals surface area contributed by atoms with E-state index in [1.165, 1.54) is 0 Å². The zero-order valence-electron chi connectivity index (χ0n) is 9.10. The molecule has 1 aliphatic heterocycles. The Labute approximate surface area is 93.8 Å². The topological polar surface area (TPSA) is 55.8 Å². The molecule has 1 aliphatic rings. The van der Waals surface area contributed by atoms with Gasteiger partial charge in [-0.1, -0.05) is 12.1 Å². The van der Waals surface area contributed by atoms with E-state index < -0.39 is 11.6 Å². The summed E-state index contributed by atoms with van der Waals surface area (Å²) in [5.74, 6) is -0.125. The van der Waals surface area contributed by atoms with E-state index in [1.807, 2.05) is 24.3 Å². The van der Waals surface area contributed by atoms with Crippen molar-refractivity contribution in [2.45, 2.75) is 18.4 Å². The summed E-state index contributed by atoms with van der Waals surface area (Å²) in [6.07, 6.45) is 0.743. The Morgan fingerprint density at radius 1 is 1.62 bits per heavy atom. The largest absolute Gasteiger partial charge is 0.497 e. The van der Waals surface area contributed by atoms with Crippen LogP contribution >= 0.6 is 0 Å². The van der Waals surface area contributed by atoms with Gasteiger partial charge in [0, 0.05) is 6.42 Å². The van der Waals surface area contributed by atoms with Crippen molar-refractivity contribution in [2.24, 2.45) is 0 Å². The lowest BCUT2D eigenvalue weighted by molar-refractivity contribution is -0.176. The molecule has 0 aromatic heterocycles.